The molecule has 2 aromatic carbocycles. The number of nitrogens with zero attached hydrogens (tertiary/aromatic N) is 4. The first-order valence-electron chi connectivity index (χ1n) is 13.8. The number of hydrogen-bond acceptors (Lipinski definition) is 6. The Kier molecular flexibility index (Phi) is 6.81. The number of halogens is 2. The second kappa shape index (κ2) is 10.3. The van der Waals surface area contributed by atoms with Crippen LogP contribution >= 0.6 is 0 Å². The molecule has 6 rings (SSSR count). The number of benzene rings is 2. The highest BCUT2D eigenvalue weighted by atomic mass is 19.1. The van der Waals surface area contributed by atoms with Gasteiger partial charge in [0.1, 0.15) is 23.1 Å². The van der Waals surface area contributed by atoms with E-state index < -0.39 is 11.6 Å². The number of nitrogens with one attached hydrogen (secondary N) is 1. The minimum atomic E-state index is -0.581. The zero-order chi connectivity index (χ0) is 28.1. The fourth-order valence-electron chi connectivity index (χ4n) is 6.40. The number of pyridine rings is 2. The van der Waals surface area contributed by atoms with Gasteiger partial charge in [-0.2, -0.15) is 0 Å². The maximum atomic E-state index is 16.8. The lowest BCUT2D eigenvalue weighted by molar-refractivity contribution is 0.399. The molecule has 2 aliphatic rings. The lowest BCUT2D eigenvalue weighted by Gasteiger charge is -2.35. The summed E-state index contributed by atoms with van der Waals surface area (Å²) in [5, 5.41) is 16.1. The number of fused-ring (bicyclic) bond motifs is 4. The Morgan fingerprint density at radius 2 is 1.90 bits per heavy atom. The average Bonchev–Trinajstić information content (AvgIpc) is 3.26. The topological polar surface area (TPSA) is 64.5 Å². The number of rotatable bonds is 6. The zero-order valence-corrected chi connectivity index (χ0v) is 23.1. The predicted octanol–water partition coefficient (Wildman–Crippen LogP) is 5.16. The van der Waals surface area contributed by atoms with E-state index in [0.29, 0.717) is 40.0 Å². The van der Waals surface area contributed by atoms with Gasteiger partial charge in [-0.3, -0.25) is 4.98 Å². The molecule has 2 aromatic heterocycles. The molecule has 0 spiro atoms. The fraction of sp³-hybridized carbons (Fsp3) is 0.375. The third-order valence-electron chi connectivity index (χ3n) is 8.30. The minimum Gasteiger partial charge on any atom is -0.508 e. The highest BCUT2D eigenvalue weighted by molar-refractivity contribution is 6.04. The quantitative estimate of drug-likeness (QED) is 0.329. The number of phenolic OH excluding ortho intramolecular Hbond substituents is 1. The Balaban J connectivity index is 1.58. The normalized spacial score (nSPS) is 18.7. The van der Waals surface area contributed by atoms with Crippen LogP contribution in [0, 0.1) is 30.9 Å². The molecular weight excluding hydrogens is 508 g/mol. The van der Waals surface area contributed by atoms with Gasteiger partial charge >= 0.3 is 0 Å². The molecule has 2 fully saturated rings. The SMILES string of the molecule is C#Cc1c(F)ccc2cc(O)cc(-c3ncc4c(N5CC6CCC(C5)N6)nc(CCCN(C)C)c(C)c4c3F)c12. The lowest BCUT2D eigenvalue weighted by Crippen LogP contribution is -2.51. The molecule has 0 aliphatic carbocycles. The first-order valence-corrected chi connectivity index (χ1v) is 13.8. The molecule has 4 heterocycles. The van der Waals surface area contributed by atoms with Gasteiger partial charge in [0.25, 0.3) is 0 Å². The molecule has 2 aliphatic heterocycles. The molecule has 0 saturated carbocycles. The van der Waals surface area contributed by atoms with Crippen LogP contribution in [0.4, 0.5) is 14.6 Å². The Labute approximate surface area is 233 Å². The fourth-order valence-corrected chi connectivity index (χ4v) is 6.40. The molecule has 2 saturated heterocycles. The standard InChI is InChI=1S/C32H33F2N5O/c1-5-23-26(33)11-8-19-13-22(40)14-24(29(19)23)31-30(34)28-18(2)27(7-6-12-38(3)4)37-32(25(28)15-35-31)39-16-20-9-10-21(17-39)36-20/h1,8,11,13-15,20-21,36,40H,6-7,9-10,12,16-17H2,2-4H3. The van der Waals surface area contributed by atoms with Crippen molar-refractivity contribution in [2.75, 3.05) is 38.6 Å². The molecule has 8 heteroatoms. The van der Waals surface area contributed by atoms with Gasteiger partial charge in [0.15, 0.2) is 5.82 Å². The number of aromatic nitrogens is 2. The zero-order valence-electron chi connectivity index (χ0n) is 23.1. The number of anilines is 1. The molecule has 4 aromatic rings. The largest absolute Gasteiger partial charge is 0.508 e. The number of hydrogen-bond donors (Lipinski definition) is 2. The Morgan fingerprint density at radius 3 is 2.60 bits per heavy atom. The van der Waals surface area contributed by atoms with Gasteiger partial charge in [0.2, 0.25) is 0 Å². The van der Waals surface area contributed by atoms with Crippen LogP contribution in [0.5, 0.6) is 5.75 Å². The molecular formula is C32H33F2N5O. The summed E-state index contributed by atoms with van der Waals surface area (Å²) >= 11 is 0. The third-order valence-corrected chi connectivity index (χ3v) is 8.30. The second-order valence-corrected chi connectivity index (χ2v) is 11.3. The third kappa shape index (κ3) is 4.53. The van der Waals surface area contributed by atoms with Gasteiger partial charge in [-0.05, 0) is 82.4 Å². The molecule has 206 valence electrons. The highest BCUT2D eigenvalue weighted by Crippen LogP contribution is 2.40. The Hall–Kier alpha value is -3.80. The van der Waals surface area contributed by atoms with E-state index in [1.165, 1.54) is 24.3 Å². The Morgan fingerprint density at radius 1 is 1.15 bits per heavy atom. The van der Waals surface area contributed by atoms with Gasteiger partial charge in [-0.25, -0.2) is 13.8 Å². The van der Waals surface area contributed by atoms with E-state index in [1.807, 2.05) is 21.0 Å². The summed E-state index contributed by atoms with van der Waals surface area (Å²) in [7, 11) is 4.07. The molecule has 6 nitrogen and oxygen atoms in total. The van der Waals surface area contributed by atoms with E-state index >= 15 is 4.39 Å². The van der Waals surface area contributed by atoms with Gasteiger partial charge in [-0.15, -0.1) is 6.42 Å². The first-order chi connectivity index (χ1) is 19.2. The molecule has 0 radical (unpaired) electrons. The van der Waals surface area contributed by atoms with Crippen molar-refractivity contribution in [1.29, 1.82) is 0 Å². The van der Waals surface area contributed by atoms with Crippen LogP contribution in [0.15, 0.2) is 30.5 Å². The minimum absolute atomic E-state index is 0.0154. The molecule has 2 unspecified atom stereocenters. The predicted molar refractivity (Wildman–Crippen MR) is 156 cm³/mol. The van der Waals surface area contributed by atoms with Crippen molar-refractivity contribution in [3.8, 4) is 29.4 Å². The van der Waals surface area contributed by atoms with Gasteiger partial charge in [0.05, 0.1) is 5.56 Å². The maximum absolute atomic E-state index is 16.8. The summed E-state index contributed by atoms with van der Waals surface area (Å²) in [5.74, 6) is 1.99. The van der Waals surface area contributed by atoms with Crippen molar-refractivity contribution >= 4 is 27.4 Å². The van der Waals surface area contributed by atoms with Crippen LogP contribution in [0.1, 0.15) is 36.1 Å². The van der Waals surface area contributed by atoms with E-state index in [0.717, 1.165) is 56.0 Å². The average molecular weight is 542 g/mol. The molecule has 2 N–H and O–H groups in total. The van der Waals surface area contributed by atoms with Crippen molar-refractivity contribution in [3.05, 3.63) is 58.9 Å². The number of phenols is 1. The van der Waals surface area contributed by atoms with Gasteiger partial charge in [-0.1, -0.05) is 12.0 Å². The Bertz CT molecular complexity index is 1670. The van der Waals surface area contributed by atoms with Gasteiger partial charge < -0.3 is 20.2 Å². The van der Waals surface area contributed by atoms with E-state index in [9.17, 15) is 9.50 Å². The van der Waals surface area contributed by atoms with Crippen LogP contribution in [-0.4, -0.2) is 65.8 Å². The first kappa shape index (κ1) is 26.4. The summed E-state index contributed by atoms with van der Waals surface area (Å²) in [6.07, 6.45) is 11.2. The lowest BCUT2D eigenvalue weighted by atomic mass is 9.94. The number of terminal acetylenes is 1. The summed E-state index contributed by atoms with van der Waals surface area (Å²) < 4.78 is 31.5. The van der Waals surface area contributed by atoms with Crippen molar-refractivity contribution in [1.82, 2.24) is 20.2 Å². The van der Waals surface area contributed by atoms with Crippen LogP contribution in [-0.2, 0) is 6.42 Å². The van der Waals surface area contributed by atoms with Crippen molar-refractivity contribution < 1.29 is 13.9 Å². The molecule has 0 amide bonds. The maximum Gasteiger partial charge on any atom is 0.157 e. The van der Waals surface area contributed by atoms with Gasteiger partial charge in [0, 0.05) is 58.8 Å². The summed E-state index contributed by atoms with van der Waals surface area (Å²) in [6.45, 7) is 4.42. The summed E-state index contributed by atoms with van der Waals surface area (Å²) in [5.41, 5.74) is 1.93. The number of piperazine rings is 1. The molecule has 2 bridgehead atoms. The molecule has 2 atom stereocenters. The van der Waals surface area contributed by atoms with E-state index in [1.54, 1.807) is 6.20 Å². The van der Waals surface area contributed by atoms with Crippen LogP contribution in [0.2, 0.25) is 0 Å². The van der Waals surface area contributed by atoms with E-state index in [2.05, 4.69) is 26.0 Å². The van der Waals surface area contributed by atoms with E-state index in [4.69, 9.17) is 11.4 Å². The monoisotopic (exact) mass is 541 g/mol. The van der Waals surface area contributed by atoms with Crippen LogP contribution in [0.3, 0.4) is 0 Å². The van der Waals surface area contributed by atoms with Crippen molar-refractivity contribution in [2.45, 2.75) is 44.7 Å². The van der Waals surface area contributed by atoms with Crippen LogP contribution in [0.25, 0.3) is 32.8 Å². The van der Waals surface area contributed by atoms with Crippen LogP contribution < -0.4 is 10.2 Å². The van der Waals surface area contributed by atoms with E-state index in [-0.39, 0.29) is 22.6 Å². The second-order valence-electron chi connectivity index (χ2n) is 11.3. The number of aryl methyl sites for hydroxylation is 2. The summed E-state index contributed by atoms with van der Waals surface area (Å²) in [4.78, 5) is 14.1. The summed E-state index contributed by atoms with van der Waals surface area (Å²) in [6, 6.07) is 6.47. The highest BCUT2D eigenvalue weighted by Gasteiger charge is 2.34. The van der Waals surface area contributed by atoms with Crippen molar-refractivity contribution in [2.24, 2.45) is 0 Å². The number of aromatic hydroxyl groups is 1. The smallest absolute Gasteiger partial charge is 0.157 e. The molecule has 40 heavy (non-hydrogen) atoms. The van der Waals surface area contributed by atoms with Crippen molar-refractivity contribution in [3.63, 3.8) is 0 Å².